The Kier molecular flexibility index (Phi) is 8.15. The molecule has 41 heavy (non-hydrogen) atoms. The van der Waals surface area contributed by atoms with Gasteiger partial charge in [-0.1, -0.05) is 53.5 Å². The van der Waals surface area contributed by atoms with Crippen LogP contribution >= 0.6 is 23.2 Å². The van der Waals surface area contributed by atoms with Crippen LogP contribution in [0.3, 0.4) is 0 Å². The number of hydrogen-bond acceptors (Lipinski definition) is 5. The zero-order valence-corrected chi connectivity index (χ0v) is 24.6. The number of benzene rings is 3. The van der Waals surface area contributed by atoms with Crippen molar-refractivity contribution < 1.29 is 4.79 Å². The predicted molar refractivity (Wildman–Crippen MR) is 168 cm³/mol. The first-order valence-electron chi connectivity index (χ1n) is 14.0. The summed E-state index contributed by atoms with van der Waals surface area (Å²) in [5.41, 5.74) is 7.52. The molecule has 6 nitrogen and oxygen atoms in total. The van der Waals surface area contributed by atoms with Gasteiger partial charge in [-0.2, -0.15) is 0 Å². The number of nitrogens with one attached hydrogen (secondary N) is 1. The van der Waals surface area contributed by atoms with Crippen LogP contribution in [0.25, 0.3) is 11.1 Å². The second-order valence-corrected chi connectivity index (χ2v) is 11.7. The topological polar surface area (TPSA) is 51.7 Å². The molecule has 0 aliphatic carbocycles. The number of pyridine rings is 1. The van der Waals surface area contributed by atoms with Crippen LogP contribution in [0.5, 0.6) is 0 Å². The van der Waals surface area contributed by atoms with Crippen LogP contribution in [0, 0.1) is 6.92 Å². The standard InChI is InChI=1S/C33H33Cl2N5O/c1-23-2-9-30(35)18-28(23)22-40-13-12-36-32-31(40)19-27(20-37-32)25-5-7-26(8-6-25)33(41)39-16-14-38(15-17-39)21-24-3-10-29(34)11-4-24/h2-11,18-20H,12-17,21-22H2,1H3,(H,36,37). The highest BCUT2D eigenvalue weighted by Gasteiger charge is 2.23. The Labute approximate surface area is 251 Å². The summed E-state index contributed by atoms with van der Waals surface area (Å²) in [5.74, 6) is 0.972. The van der Waals surface area contributed by atoms with E-state index < -0.39 is 0 Å². The fourth-order valence-corrected chi connectivity index (χ4v) is 5.86. The SMILES string of the molecule is Cc1ccc(Cl)cc1CN1CCNc2ncc(-c3ccc(C(=O)N4CCN(Cc5ccc(Cl)cc5)CC4)cc3)cc21. The van der Waals surface area contributed by atoms with Gasteiger partial charge in [-0.05, 0) is 71.6 Å². The van der Waals surface area contributed by atoms with Crippen LogP contribution in [-0.2, 0) is 13.1 Å². The van der Waals surface area contributed by atoms with Gasteiger partial charge in [0.1, 0.15) is 5.82 Å². The second-order valence-electron chi connectivity index (χ2n) is 10.8. The van der Waals surface area contributed by atoms with E-state index in [1.54, 1.807) is 0 Å². The number of aromatic nitrogens is 1. The lowest BCUT2D eigenvalue weighted by molar-refractivity contribution is 0.0628. The van der Waals surface area contributed by atoms with Crippen molar-refractivity contribution in [2.75, 3.05) is 49.5 Å². The van der Waals surface area contributed by atoms with E-state index in [0.29, 0.717) is 5.56 Å². The molecule has 1 aromatic heterocycles. The molecule has 1 saturated heterocycles. The Balaban J connectivity index is 1.11. The van der Waals surface area contributed by atoms with Gasteiger partial charge in [0.25, 0.3) is 5.91 Å². The fourth-order valence-electron chi connectivity index (χ4n) is 5.54. The van der Waals surface area contributed by atoms with Crippen molar-refractivity contribution in [3.05, 3.63) is 111 Å². The van der Waals surface area contributed by atoms with Gasteiger partial charge in [0.15, 0.2) is 0 Å². The maximum atomic E-state index is 13.3. The largest absolute Gasteiger partial charge is 0.367 e. The van der Waals surface area contributed by atoms with Crippen LogP contribution in [0.4, 0.5) is 11.5 Å². The summed E-state index contributed by atoms with van der Waals surface area (Å²) in [5, 5.41) is 4.93. The summed E-state index contributed by atoms with van der Waals surface area (Å²) in [4.78, 5) is 24.7. The molecule has 6 rings (SSSR count). The molecule has 0 unspecified atom stereocenters. The Hall–Kier alpha value is -3.58. The molecule has 8 heteroatoms. The van der Waals surface area contributed by atoms with Crippen molar-refractivity contribution in [3.8, 4) is 11.1 Å². The summed E-state index contributed by atoms with van der Waals surface area (Å²) in [6.45, 7) is 8.62. The molecule has 2 aliphatic rings. The molecule has 0 atom stereocenters. The number of anilines is 2. The third-order valence-corrected chi connectivity index (χ3v) is 8.49. The van der Waals surface area contributed by atoms with Crippen LogP contribution in [0.2, 0.25) is 10.0 Å². The first-order valence-corrected chi connectivity index (χ1v) is 14.8. The first kappa shape index (κ1) is 27.6. The monoisotopic (exact) mass is 585 g/mol. The first-order chi connectivity index (χ1) is 19.9. The number of carbonyl (C=O) groups is 1. The van der Waals surface area contributed by atoms with Crippen molar-refractivity contribution in [1.82, 2.24) is 14.8 Å². The average molecular weight is 587 g/mol. The molecule has 3 aromatic carbocycles. The summed E-state index contributed by atoms with van der Waals surface area (Å²) in [6, 6.07) is 24.1. The van der Waals surface area contributed by atoms with Crippen molar-refractivity contribution in [3.63, 3.8) is 0 Å². The van der Waals surface area contributed by atoms with E-state index in [9.17, 15) is 4.79 Å². The molecule has 0 radical (unpaired) electrons. The number of fused-ring (bicyclic) bond motifs is 1. The highest BCUT2D eigenvalue weighted by Crippen LogP contribution is 2.33. The van der Waals surface area contributed by atoms with Gasteiger partial charge >= 0.3 is 0 Å². The zero-order valence-electron chi connectivity index (χ0n) is 23.1. The third-order valence-electron chi connectivity index (χ3n) is 8.00. The summed E-state index contributed by atoms with van der Waals surface area (Å²) >= 11 is 12.3. The number of hydrogen-bond donors (Lipinski definition) is 1. The van der Waals surface area contributed by atoms with Gasteiger partial charge in [0.2, 0.25) is 0 Å². The highest BCUT2D eigenvalue weighted by atomic mass is 35.5. The molecule has 0 spiro atoms. The normalized spacial score (nSPS) is 15.4. The fraction of sp³-hybridized carbons (Fsp3) is 0.273. The molecular weight excluding hydrogens is 553 g/mol. The maximum absolute atomic E-state index is 13.3. The number of nitrogens with zero attached hydrogens (tertiary/aromatic N) is 4. The van der Waals surface area contributed by atoms with E-state index in [4.69, 9.17) is 28.2 Å². The number of carbonyl (C=O) groups excluding carboxylic acids is 1. The van der Waals surface area contributed by atoms with Gasteiger partial charge in [-0.3, -0.25) is 9.69 Å². The molecule has 3 heterocycles. The second kappa shape index (κ2) is 12.1. The molecule has 1 amide bonds. The molecule has 1 N–H and O–H groups in total. The minimum absolute atomic E-state index is 0.0820. The van der Waals surface area contributed by atoms with Crippen LogP contribution in [0.15, 0.2) is 79.0 Å². The number of amides is 1. The summed E-state index contributed by atoms with van der Waals surface area (Å²) in [6.07, 6.45) is 1.90. The van der Waals surface area contributed by atoms with Crippen molar-refractivity contribution in [2.45, 2.75) is 20.0 Å². The Morgan fingerprint density at radius 3 is 2.32 bits per heavy atom. The Morgan fingerprint density at radius 1 is 0.829 bits per heavy atom. The zero-order chi connectivity index (χ0) is 28.3. The van der Waals surface area contributed by atoms with E-state index >= 15 is 0 Å². The lowest BCUT2D eigenvalue weighted by Gasteiger charge is -2.34. The van der Waals surface area contributed by atoms with Crippen LogP contribution in [0.1, 0.15) is 27.0 Å². The third kappa shape index (κ3) is 6.35. The average Bonchev–Trinajstić information content (AvgIpc) is 3.00. The Morgan fingerprint density at radius 2 is 1.56 bits per heavy atom. The molecule has 4 aromatic rings. The quantitative estimate of drug-likeness (QED) is 0.271. The number of halogens is 2. The smallest absolute Gasteiger partial charge is 0.253 e. The van der Waals surface area contributed by atoms with Crippen LogP contribution in [-0.4, -0.2) is 60.0 Å². The minimum atomic E-state index is 0.0820. The number of aryl methyl sites for hydroxylation is 1. The molecular formula is C33H33Cl2N5O. The Bertz CT molecular complexity index is 1530. The summed E-state index contributed by atoms with van der Waals surface area (Å²) < 4.78 is 0. The van der Waals surface area contributed by atoms with E-state index in [2.05, 4.69) is 46.3 Å². The van der Waals surface area contributed by atoms with Gasteiger partial charge in [0.05, 0.1) is 5.69 Å². The summed E-state index contributed by atoms with van der Waals surface area (Å²) in [7, 11) is 0. The van der Waals surface area contributed by atoms with Gasteiger partial charge < -0.3 is 15.1 Å². The van der Waals surface area contributed by atoms with E-state index in [-0.39, 0.29) is 5.91 Å². The molecule has 210 valence electrons. The predicted octanol–water partition coefficient (Wildman–Crippen LogP) is 6.75. The van der Waals surface area contributed by atoms with Crippen molar-refractivity contribution >= 4 is 40.6 Å². The molecule has 0 bridgehead atoms. The van der Waals surface area contributed by atoms with E-state index in [1.807, 2.05) is 59.6 Å². The lowest BCUT2D eigenvalue weighted by atomic mass is 10.0. The molecule has 1 fully saturated rings. The van der Waals surface area contributed by atoms with Gasteiger partial charge in [-0.15, -0.1) is 0 Å². The maximum Gasteiger partial charge on any atom is 0.253 e. The molecule has 2 aliphatic heterocycles. The molecule has 0 saturated carbocycles. The minimum Gasteiger partial charge on any atom is -0.367 e. The van der Waals surface area contributed by atoms with Gasteiger partial charge in [0, 0.05) is 79.7 Å². The highest BCUT2D eigenvalue weighted by molar-refractivity contribution is 6.30. The van der Waals surface area contributed by atoms with Gasteiger partial charge in [-0.25, -0.2) is 4.98 Å². The van der Waals surface area contributed by atoms with E-state index in [0.717, 1.165) is 85.0 Å². The van der Waals surface area contributed by atoms with Crippen LogP contribution < -0.4 is 10.2 Å². The lowest BCUT2D eigenvalue weighted by Crippen LogP contribution is -2.48. The van der Waals surface area contributed by atoms with Crippen molar-refractivity contribution in [2.24, 2.45) is 0 Å². The van der Waals surface area contributed by atoms with E-state index in [1.165, 1.54) is 16.7 Å². The van der Waals surface area contributed by atoms with Crippen molar-refractivity contribution in [1.29, 1.82) is 0 Å². The number of rotatable bonds is 6. The number of piperazine rings is 1.